The summed E-state index contributed by atoms with van der Waals surface area (Å²) in [4.78, 5) is 0. The minimum absolute atomic E-state index is 0.772. The molecule has 0 amide bonds. The number of nitrogens with one attached hydrogen (secondary N) is 1. The molecular formula is C13H23N3. The molecule has 16 heavy (non-hydrogen) atoms. The summed E-state index contributed by atoms with van der Waals surface area (Å²) in [7, 11) is 0. The van der Waals surface area contributed by atoms with Crippen LogP contribution in [0.5, 0.6) is 0 Å². The van der Waals surface area contributed by atoms with Crippen molar-refractivity contribution in [1.82, 2.24) is 15.1 Å². The predicted octanol–water partition coefficient (Wildman–Crippen LogP) is 2.44. The molecule has 1 fully saturated rings. The molecular weight excluding hydrogens is 198 g/mol. The van der Waals surface area contributed by atoms with Crippen LogP contribution in [0.3, 0.4) is 0 Å². The number of hydrogen-bond donors (Lipinski definition) is 1. The van der Waals surface area contributed by atoms with Crippen LogP contribution in [0.25, 0.3) is 0 Å². The molecule has 1 aliphatic rings. The Morgan fingerprint density at radius 2 is 2.12 bits per heavy atom. The summed E-state index contributed by atoms with van der Waals surface area (Å²) >= 11 is 0. The van der Waals surface area contributed by atoms with Crippen molar-refractivity contribution < 1.29 is 0 Å². The molecule has 1 N–H and O–H groups in total. The van der Waals surface area contributed by atoms with E-state index >= 15 is 0 Å². The van der Waals surface area contributed by atoms with Crippen molar-refractivity contribution in [3.05, 3.63) is 18.5 Å². The zero-order valence-electron chi connectivity index (χ0n) is 10.2. The molecule has 1 heterocycles. The Kier molecular flexibility index (Phi) is 4.40. The van der Waals surface area contributed by atoms with Crippen molar-refractivity contribution in [2.45, 2.75) is 51.6 Å². The van der Waals surface area contributed by atoms with E-state index in [0.29, 0.717) is 0 Å². The Bertz CT molecular complexity index is 273. The number of aryl methyl sites for hydroxylation is 1. The maximum atomic E-state index is 4.20. The summed E-state index contributed by atoms with van der Waals surface area (Å²) in [5, 5.41) is 7.86. The van der Waals surface area contributed by atoms with Crippen LogP contribution in [0.2, 0.25) is 0 Å². The highest BCUT2D eigenvalue weighted by atomic mass is 15.3. The van der Waals surface area contributed by atoms with Crippen LogP contribution >= 0.6 is 0 Å². The molecule has 3 nitrogen and oxygen atoms in total. The average Bonchev–Trinajstić information content (AvgIpc) is 2.80. The van der Waals surface area contributed by atoms with Gasteiger partial charge in [0.15, 0.2) is 0 Å². The minimum Gasteiger partial charge on any atom is -0.314 e. The molecule has 0 aliphatic heterocycles. The van der Waals surface area contributed by atoms with E-state index in [9.17, 15) is 0 Å². The SMILES string of the molecule is CC1CCC(NCCCn2cccn2)CC1. The molecule has 2 rings (SSSR count). The molecule has 0 saturated heterocycles. The number of rotatable bonds is 5. The smallest absolute Gasteiger partial charge is 0.0489 e. The summed E-state index contributed by atoms with van der Waals surface area (Å²) in [6.07, 6.45) is 10.6. The van der Waals surface area contributed by atoms with Crippen molar-refractivity contribution in [2.75, 3.05) is 6.54 Å². The quantitative estimate of drug-likeness (QED) is 0.774. The van der Waals surface area contributed by atoms with E-state index in [4.69, 9.17) is 0 Å². The molecule has 1 aromatic rings. The highest BCUT2D eigenvalue weighted by Crippen LogP contribution is 2.23. The van der Waals surface area contributed by atoms with E-state index in [0.717, 1.165) is 25.0 Å². The van der Waals surface area contributed by atoms with Gasteiger partial charge in [0.2, 0.25) is 0 Å². The summed E-state index contributed by atoms with van der Waals surface area (Å²) in [6.45, 7) is 4.52. The second-order valence-electron chi connectivity index (χ2n) is 5.03. The predicted molar refractivity (Wildman–Crippen MR) is 66.3 cm³/mol. The van der Waals surface area contributed by atoms with Crippen molar-refractivity contribution in [3.8, 4) is 0 Å². The lowest BCUT2D eigenvalue weighted by Gasteiger charge is -2.27. The average molecular weight is 221 g/mol. The van der Waals surface area contributed by atoms with Gasteiger partial charge < -0.3 is 5.32 Å². The summed E-state index contributed by atoms with van der Waals surface area (Å²) in [5.74, 6) is 0.946. The molecule has 1 aromatic heterocycles. The second kappa shape index (κ2) is 6.04. The van der Waals surface area contributed by atoms with Crippen LogP contribution in [0.15, 0.2) is 18.5 Å². The largest absolute Gasteiger partial charge is 0.314 e. The second-order valence-corrected chi connectivity index (χ2v) is 5.03. The van der Waals surface area contributed by atoms with Crippen LogP contribution in [0.4, 0.5) is 0 Å². The highest BCUT2D eigenvalue weighted by Gasteiger charge is 2.16. The van der Waals surface area contributed by atoms with Gasteiger partial charge in [-0.05, 0) is 50.6 Å². The highest BCUT2D eigenvalue weighted by molar-refractivity contribution is 4.78. The zero-order chi connectivity index (χ0) is 11.2. The first-order valence-corrected chi connectivity index (χ1v) is 6.55. The van der Waals surface area contributed by atoms with Gasteiger partial charge in [-0.2, -0.15) is 5.10 Å². The molecule has 0 aromatic carbocycles. The van der Waals surface area contributed by atoms with Crippen LogP contribution in [-0.4, -0.2) is 22.4 Å². The molecule has 1 aliphatic carbocycles. The molecule has 0 atom stereocenters. The van der Waals surface area contributed by atoms with E-state index in [2.05, 4.69) is 17.3 Å². The van der Waals surface area contributed by atoms with Gasteiger partial charge in [-0.1, -0.05) is 6.92 Å². The van der Waals surface area contributed by atoms with Crippen molar-refractivity contribution in [2.24, 2.45) is 5.92 Å². The third-order valence-corrected chi connectivity index (χ3v) is 3.57. The lowest BCUT2D eigenvalue weighted by Crippen LogP contribution is -2.33. The topological polar surface area (TPSA) is 29.9 Å². The summed E-state index contributed by atoms with van der Waals surface area (Å²) < 4.78 is 2.00. The molecule has 0 unspecified atom stereocenters. The Morgan fingerprint density at radius 1 is 1.31 bits per heavy atom. The third kappa shape index (κ3) is 3.63. The molecule has 1 saturated carbocycles. The van der Waals surface area contributed by atoms with Crippen LogP contribution in [-0.2, 0) is 6.54 Å². The maximum absolute atomic E-state index is 4.20. The van der Waals surface area contributed by atoms with Gasteiger partial charge in [0, 0.05) is 25.0 Å². The monoisotopic (exact) mass is 221 g/mol. The van der Waals surface area contributed by atoms with E-state index in [1.165, 1.54) is 32.1 Å². The zero-order valence-corrected chi connectivity index (χ0v) is 10.2. The van der Waals surface area contributed by atoms with Crippen molar-refractivity contribution >= 4 is 0 Å². The van der Waals surface area contributed by atoms with E-state index in [1.54, 1.807) is 0 Å². The molecule has 0 bridgehead atoms. The third-order valence-electron chi connectivity index (χ3n) is 3.57. The van der Waals surface area contributed by atoms with Crippen LogP contribution in [0, 0.1) is 5.92 Å². The molecule has 90 valence electrons. The summed E-state index contributed by atoms with van der Waals surface area (Å²) in [6, 6.07) is 2.75. The lowest BCUT2D eigenvalue weighted by atomic mass is 9.87. The number of aromatic nitrogens is 2. The fourth-order valence-corrected chi connectivity index (χ4v) is 2.44. The van der Waals surface area contributed by atoms with Crippen molar-refractivity contribution in [3.63, 3.8) is 0 Å². The normalized spacial score (nSPS) is 25.8. The number of hydrogen-bond acceptors (Lipinski definition) is 2. The first-order valence-electron chi connectivity index (χ1n) is 6.55. The fourth-order valence-electron chi connectivity index (χ4n) is 2.44. The Balaban J connectivity index is 1.55. The first-order chi connectivity index (χ1) is 7.84. The van der Waals surface area contributed by atoms with Gasteiger partial charge in [0.25, 0.3) is 0 Å². The Morgan fingerprint density at radius 3 is 2.81 bits per heavy atom. The van der Waals surface area contributed by atoms with E-state index in [-0.39, 0.29) is 0 Å². The van der Waals surface area contributed by atoms with Gasteiger partial charge >= 0.3 is 0 Å². The maximum Gasteiger partial charge on any atom is 0.0489 e. The van der Waals surface area contributed by atoms with Gasteiger partial charge in [-0.3, -0.25) is 4.68 Å². The van der Waals surface area contributed by atoms with Gasteiger partial charge in [0.1, 0.15) is 0 Å². The molecule has 3 heteroatoms. The van der Waals surface area contributed by atoms with Gasteiger partial charge in [0.05, 0.1) is 0 Å². The molecule has 0 spiro atoms. The van der Waals surface area contributed by atoms with E-state index < -0.39 is 0 Å². The first kappa shape index (κ1) is 11.6. The Labute approximate surface area is 98.2 Å². The van der Waals surface area contributed by atoms with E-state index in [1.807, 2.05) is 23.1 Å². The minimum atomic E-state index is 0.772. The van der Waals surface area contributed by atoms with Gasteiger partial charge in [-0.25, -0.2) is 0 Å². The van der Waals surface area contributed by atoms with Crippen molar-refractivity contribution in [1.29, 1.82) is 0 Å². The van der Waals surface area contributed by atoms with Crippen LogP contribution in [0.1, 0.15) is 39.0 Å². The number of nitrogens with zero attached hydrogens (tertiary/aromatic N) is 2. The standard InChI is InChI=1S/C13H23N3/c1-12-4-6-13(7-5-12)14-8-2-10-16-11-3-9-15-16/h3,9,11-14H,2,4-8,10H2,1H3. The van der Waals surface area contributed by atoms with Gasteiger partial charge in [-0.15, -0.1) is 0 Å². The fraction of sp³-hybridized carbons (Fsp3) is 0.769. The molecule has 0 radical (unpaired) electrons. The summed E-state index contributed by atoms with van der Waals surface area (Å²) in [5.41, 5.74) is 0. The van der Waals surface area contributed by atoms with Crippen LogP contribution < -0.4 is 5.32 Å². The Hall–Kier alpha value is -0.830. The lowest BCUT2D eigenvalue weighted by molar-refractivity contribution is 0.305.